The molecule has 0 aromatic rings. The minimum absolute atomic E-state index is 0.0851. The molecule has 0 amide bonds. The van der Waals surface area contributed by atoms with Gasteiger partial charge in [0.25, 0.3) is 0 Å². The van der Waals surface area contributed by atoms with Gasteiger partial charge in [-0.25, -0.2) is 0 Å². The molecule has 2 N–H and O–H groups in total. The van der Waals surface area contributed by atoms with Crippen molar-refractivity contribution < 1.29 is 9.53 Å². The molecule has 1 rings (SSSR count). The summed E-state index contributed by atoms with van der Waals surface area (Å²) in [4.78, 5) is 13.8. The molecule has 2 unspecified atom stereocenters. The summed E-state index contributed by atoms with van der Waals surface area (Å²) >= 11 is 0. The number of likely N-dealkylation sites (tertiary alicyclic amines) is 1. The van der Waals surface area contributed by atoms with Crippen LogP contribution in [0.3, 0.4) is 0 Å². The maximum absolute atomic E-state index is 11.4. The van der Waals surface area contributed by atoms with Crippen molar-refractivity contribution in [3.63, 3.8) is 0 Å². The molecule has 1 aliphatic heterocycles. The molecule has 94 valence electrons. The van der Waals surface area contributed by atoms with Crippen molar-refractivity contribution in [3.05, 3.63) is 0 Å². The van der Waals surface area contributed by atoms with Gasteiger partial charge in [-0.05, 0) is 32.2 Å². The molecule has 0 bridgehead atoms. The fourth-order valence-electron chi connectivity index (χ4n) is 2.45. The van der Waals surface area contributed by atoms with E-state index in [0.717, 1.165) is 32.5 Å². The summed E-state index contributed by atoms with van der Waals surface area (Å²) in [5.41, 5.74) is 6.00. The lowest BCUT2D eigenvalue weighted by atomic mass is 9.92. The third-order valence-corrected chi connectivity index (χ3v) is 2.95. The number of nitrogens with zero attached hydrogens (tertiary/aromatic N) is 1. The predicted octanol–water partition coefficient (Wildman–Crippen LogP) is 0.999. The molecule has 0 aliphatic carbocycles. The highest BCUT2D eigenvalue weighted by molar-refractivity contribution is 5.69. The van der Waals surface area contributed by atoms with E-state index in [2.05, 4.69) is 11.8 Å². The SMILES string of the molecule is CCCN1CC(N)CC(CC(=O)OCC)C1. The molecule has 16 heavy (non-hydrogen) atoms. The van der Waals surface area contributed by atoms with Crippen LogP contribution in [-0.2, 0) is 9.53 Å². The van der Waals surface area contributed by atoms with Gasteiger partial charge in [-0.1, -0.05) is 6.92 Å². The second-order valence-electron chi connectivity index (χ2n) is 4.63. The molecule has 1 aliphatic rings. The summed E-state index contributed by atoms with van der Waals surface area (Å²) in [7, 11) is 0. The maximum Gasteiger partial charge on any atom is 0.306 e. The van der Waals surface area contributed by atoms with Gasteiger partial charge in [-0.2, -0.15) is 0 Å². The van der Waals surface area contributed by atoms with Crippen LogP contribution in [0.1, 0.15) is 33.1 Å². The monoisotopic (exact) mass is 228 g/mol. The molecule has 0 aromatic carbocycles. The third-order valence-electron chi connectivity index (χ3n) is 2.95. The number of esters is 1. The lowest BCUT2D eigenvalue weighted by molar-refractivity contribution is -0.144. The minimum Gasteiger partial charge on any atom is -0.466 e. The predicted molar refractivity (Wildman–Crippen MR) is 64.1 cm³/mol. The van der Waals surface area contributed by atoms with Crippen LogP contribution in [0.2, 0.25) is 0 Å². The van der Waals surface area contributed by atoms with Gasteiger partial charge < -0.3 is 15.4 Å². The Bertz CT molecular complexity index is 221. The molecular weight excluding hydrogens is 204 g/mol. The zero-order chi connectivity index (χ0) is 12.0. The van der Waals surface area contributed by atoms with Crippen LogP contribution in [0.5, 0.6) is 0 Å². The van der Waals surface area contributed by atoms with Gasteiger partial charge >= 0.3 is 5.97 Å². The zero-order valence-electron chi connectivity index (χ0n) is 10.4. The molecule has 2 atom stereocenters. The second-order valence-corrected chi connectivity index (χ2v) is 4.63. The van der Waals surface area contributed by atoms with E-state index >= 15 is 0 Å². The van der Waals surface area contributed by atoms with Gasteiger partial charge in [0.1, 0.15) is 0 Å². The largest absolute Gasteiger partial charge is 0.466 e. The summed E-state index contributed by atoms with van der Waals surface area (Å²) < 4.78 is 4.98. The normalized spacial score (nSPS) is 26.7. The van der Waals surface area contributed by atoms with E-state index in [1.54, 1.807) is 0 Å². The lowest BCUT2D eigenvalue weighted by Gasteiger charge is -2.35. The topological polar surface area (TPSA) is 55.6 Å². The van der Waals surface area contributed by atoms with Crippen molar-refractivity contribution in [2.75, 3.05) is 26.2 Å². The Kier molecular flexibility index (Phi) is 5.77. The number of hydrogen-bond acceptors (Lipinski definition) is 4. The molecule has 0 saturated carbocycles. The maximum atomic E-state index is 11.4. The van der Waals surface area contributed by atoms with Crippen molar-refractivity contribution >= 4 is 5.97 Å². The van der Waals surface area contributed by atoms with Gasteiger partial charge in [0.15, 0.2) is 0 Å². The fraction of sp³-hybridized carbons (Fsp3) is 0.917. The first-order chi connectivity index (χ1) is 7.65. The van der Waals surface area contributed by atoms with E-state index in [9.17, 15) is 4.79 Å². The van der Waals surface area contributed by atoms with Gasteiger partial charge in [-0.15, -0.1) is 0 Å². The number of nitrogens with two attached hydrogens (primary N) is 1. The van der Waals surface area contributed by atoms with Gasteiger partial charge in [-0.3, -0.25) is 4.79 Å². The van der Waals surface area contributed by atoms with E-state index < -0.39 is 0 Å². The van der Waals surface area contributed by atoms with Crippen LogP contribution < -0.4 is 5.73 Å². The summed E-state index contributed by atoms with van der Waals surface area (Å²) in [6.07, 6.45) is 2.60. The highest BCUT2D eigenvalue weighted by Gasteiger charge is 2.26. The first-order valence-corrected chi connectivity index (χ1v) is 6.29. The summed E-state index contributed by atoms with van der Waals surface area (Å²) in [5.74, 6) is 0.285. The Morgan fingerprint density at radius 1 is 1.44 bits per heavy atom. The average Bonchev–Trinajstić information content (AvgIpc) is 2.17. The molecule has 0 spiro atoms. The number of carbonyl (C=O) groups is 1. The van der Waals surface area contributed by atoms with E-state index in [1.807, 2.05) is 6.92 Å². The Labute approximate surface area is 98.1 Å². The Hall–Kier alpha value is -0.610. The van der Waals surface area contributed by atoms with Crippen LogP contribution in [0, 0.1) is 5.92 Å². The smallest absolute Gasteiger partial charge is 0.306 e. The Balaban J connectivity index is 2.37. The number of hydrogen-bond donors (Lipinski definition) is 1. The first-order valence-electron chi connectivity index (χ1n) is 6.29. The van der Waals surface area contributed by atoms with Crippen LogP contribution in [0.25, 0.3) is 0 Å². The van der Waals surface area contributed by atoms with Gasteiger partial charge in [0.2, 0.25) is 0 Å². The number of carbonyl (C=O) groups excluding carboxylic acids is 1. The fourth-order valence-corrected chi connectivity index (χ4v) is 2.45. The van der Waals surface area contributed by atoms with E-state index in [4.69, 9.17) is 10.5 Å². The lowest BCUT2D eigenvalue weighted by Crippen LogP contribution is -2.47. The summed E-state index contributed by atoms with van der Waals surface area (Å²) in [5, 5.41) is 0. The molecule has 4 nitrogen and oxygen atoms in total. The Morgan fingerprint density at radius 2 is 2.19 bits per heavy atom. The van der Waals surface area contributed by atoms with Crippen molar-refractivity contribution in [1.29, 1.82) is 0 Å². The van der Waals surface area contributed by atoms with Crippen LogP contribution >= 0.6 is 0 Å². The van der Waals surface area contributed by atoms with Crippen molar-refractivity contribution in [1.82, 2.24) is 4.90 Å². The summed E-state index contributed by atoms with van der Waals surface area (Å²) in [6.45, 7) is 7.51. The highest BCUT2D eigenvalue weighted by Crippen LogP contribution is 2.19. The average molecular weight is 228 g/mol. The van der Waals surface area contributed by atoms with E-state index in [0.29, 0.717) is 18.9 Å². The molecule has 4 heteroatoms. The van der Waals surface area contributed by atoms with Crippen molar-refractivity contribution in [2.45, 2.75) is 39.2 Å². The molecular formula is C12H24N2O2. The summed E-state index contributed by atoms with van der Waals surface area (Å²) in [6, 6.07) is 0.208. The minimum atomic E-state index is -0.0851. The van der Waals surface area contributed by atoms with Gasteiger partial charge in [0.05, 0.1) is 6.61 Å². The number of ether oxygens (including phenoxy) is 1. The van der Waals surface area contributed by atoms with Gasteiger partial charge in [0, 0.05) is 25.6 Å². The molecule has 1 fully saturated rings. The zero-order valence-corrected chi connectivity index (χ0v) is 10.4. The standard InChI is InChI=1S/C12H24N2O2/c1-3-5-14-8-10(6-11(13)9-14)7-12(15)16-4-2/h10-11H,3-9,13H2,1-2H3. The van der Waals surface area contributed by atoms with Crippen molar-refractivity contribution in [3.8, 4) is 0 Å². The molecule has 0 radical (unpaired) electrons. The van der Waals surface area contributed by atoms with Crippen LogP contribution in [-0.4, -0.2) is 43.2 Å². The first kappa shape index (κ1) is 13.5. The quantitative estimate of drug-likeness (QED) is 0.713. The van der Waals surface area contributed by atoms with Crippen LogP contribution in [0.4, 0.5) is 0 Å². The van der Waals surface area contributed by atoms with Crippen molar-refractivity contribution in [2.24, 2.45) is 11.7 Å². The Morgan fingerprint density at radius 3 is 2.81 bits per heavy atom. The second kappa shape index (κ2) is 6.86. The van der Waals surface area contributed by atoms with E-state index in [-0.39, 0.29) is 12.0 Å². The molecule has 1 saturated heterocycles. The number of piperidine rings is 1. The van der Waals surface area contributed by atoms with E-state index in [1.165, 1.54) is 0 Å². The molecule has 1 heterocycles. The third kappa shape index (κ3) is 4.49. The number of rotatable bonds is 5. The highest BCUT2D eigenvalue weighted by atomic mass is 16.5. The van der Waals surface area contributed by atoms with Crippen LogP contribution in [0.15, 0.2) is 0 Å². The molecule has 0 aromatic heterocycles.